The maximum atomic E-state index is 11.9. The van der Waals surface area contributed by atoms with Crippen LogP contribution in [0.2, 0.25) is 0 Å². The lowest BCUT2D eigenvalue weighted by Gasteiger charge is -2.35. The second-order valence-corrected chi connectivity index (χ2v) is 6.54. The molecule has 1 N–H and O–H groups in total. The highest BCUT2D eigenvalue weighted by Crippen LogP contribution is 2.20. The zero-order chi connectivity index (χ0) is 14.7. The number of nitrogens with one attached hydrogen (secondary N) is 1. The van der Waals surface area contributed by atoms with E-state index in [9.17, 15) is 4.79 Å². The van der Waals surface area contributed by atoms with Crippen LogP contribution in [0.25, 0.3) is 0 Å². The predicted molar refractivity (Wildman–Crippen MR) is 82.1 cm³/mol. The molecule has 2 amide bonds. The number of urea groups is 1. The Morgan fingerprint density at radius 1 is 1.50 bits per heavy atom. The molecule has 6 heteroatoms. The van der Waals surface area contributed by atoms with E-state index in [1.165, 1.54) is 0 Å². The number of nitrogens with zero attached hydrogens (tertiary/aromatic N) is 3. The third-order valence-corrected chi connectivity index (χ3v) is 4.79. The Morgan fingerprint density at radius 3 is 2.65 bits per heavy atom. The fourth-order valence-corrected chi connectivity index (χ4v) is 3.33. The zero-order valence-corrected chi connectivity index (χ0v) is 13.5. The van der Waals surface area contributed by atoms with Crippen molar-refractivity contribution in [3.8, 4) is 0 Å². The van der Waals surface area contributed by atoms with E-state index in [4.69, 9.17) is 0 Å². The van der Waals surface area contributed by atoms with Crippen LogP contribution in [0.4, 0.5) is 4.79 Å². The number of likely N-dealkylation sites (tertiary alicyclic amines) is 1. The Hall–Kier alpha value is -1.14. The maximum Gasteiger partial charge on any atom is 0.319 e. The van der Waals surface area contributed by atoms with Gasteiger partial charge in [-0.3, -0.25) is 0 Å². The molecule has 0 radical (unpaired) electrons. The van der Waals surface area contributed by atoms with Crippen LogP contribution >= 0.6 is 11.3 Å². The molecule has 2 heterocycles. The number of aryl methyl sites for hydroxylation is 1. The van der Waals surface area contributed by atoms with Crippen LogP contribution in [0.15, 0.2) is 5.38 Å². The number of thiazole rings is 1. The summed E-state index contributed by atoms with van der Waals surface area (Å²) < 4.78 is 0. The number of piperidine rings is 1. The summed E-state index contributed by atoms with van der Waals surface area (Å²) in [5.74, 6) is 0. The minimum atomic E-state index is 0.118. The minimum Gasteiger partial charge on any atom is -0.331 e. The average Bonchev–Trinajstić information content (AvgIpc) is 2.85. The van der Waals surface area contributed by atoms with E-state index in [1.54, 1.807) is 30.3 Å². The molecule has 1 fully saturated rings. The Bertz CT molecular complexity index is 452. The van der Waals surface area contributed by atoms with Gasteiger partial charge in [0.1, 0.15) is 5.01 Å². The largest absolute Gasteiger partial charge is 0.331 e. The number of rotatable bonds is 3. The summed E-state index contributed by atoms with van der Waals surface area (Å²) in [6.07, 6.45) is 2.02. The van der Waals surface area contributed by atoms with Crippen LogP contribution in [-0.4, -0.2) is 54.0 Å². The monoisotopic (exact) mass is 296 g/mol. The van der Waals surface area contributed by atoms with Crippen molar-refractivity contribution in [2.75, 3.05) is 27.2 Å². The summed E-state index contributed by atoms with van der Waals surface area (Å²) in [7, 11) is 3.61. The zero-order valence-electron chi connectivity index (χ0n) is 12.7. The van der Waals surface area contributed by atoms with Gasteiger partial charge in [-0.05, 0) is 26.7 Å². The van der Waals surface area contributed by atoms with Gasteiger partial charge in [-0.2, -0.15) is 0 Å². The third kappa shape index (κ3) is 3.70. The third-order valence-electron chi connectivity index (χ3n) is 3.64. The summed E-state index contributed by atoms with van der Waals surface area (Å²) >= 11 is 1.71. The van der Waals surface area contributed by atoms with Crippen molar-refractivity contribution in [1.82, 2.24) is 20.1 Å². The second kappa shape index (κ2) is 6.54. The number of amides is 2. The van der Waals surface area contributed by atoms with Crippen molar-refractivity contribution < 1.29 is 4.79 Å². The smallest absolute Gasteiger partial charge is 0.319 e. The van der Waals surface area contributed by atoms with Crippen LogP contribution < -0.4 is 5.32 Å². The van der Waals surface area contributed by atoms with Gasteiger partial charge in [0.05, 0.1) is 6.04 Å². The van der Waals surface area contributed by atoms with E-state index in [0.29, 0.717) is 6.04 Å². The van der Waals surface area contributed by atoms with E-state index < -0.39 is 0 Å². The van der Waals surface area contributed by atoms with E-state index in [2.05, 4.69) is 22.6 Å². The van der Waals surface area contributed by atoms with E-state index in [0.717, 1.165) is 36.6 Å². The van der Waals surface area contributed by atoms with Crippen LogP contribution in [-0.2, 0) is 0 Å². The second-order valence-electron chi connectivity index (χ2n) is 5.65. The van der Waals surface area contributed by atoms with Gasteiger partial charge >= 0.3 is 6.03 Å². The summed E-state index contributed by atoms with van der Waals surface area (Å²) in [4.78, 5) is 20.0. The molecule has 1 unspecified atom stereocenters. The SMILES string of the molecule is Cc1csc(C(C)NC2CCN(C(=O)N(C)C)CC2)n1. The van der Waals surface area contributed by atoms with E-state index in [-0.39, 0.29) is 12.1 Å². The van der Waals surface area contributed by atoms with E-state index in [1.807, 2.05) is 11.8 Å². The molecule has 1 aliphatic heterocycles. The molecule has 5 nitrogen and oxygen atoms in total. The van der Waals surface area contributed by atoms with Gasteiger partial charge in [-0.25, -0.2) is 9.78 Å². The molecule has 112 valence electrons. The van der Waals surface area contributed by atoms with Gasteiger partial charge in [-0.15, -0.1) is 11.3 Å². The number of carbonyl (C=O) groups is 1. The van der Waals surface area contributed by atoms with Crippen molar-refractivity contribution in [3.05, 3.63) is 16.1 Å². The van der Waals surface area contributed by atoms with Crippen LogP contribution in [0.3, 0.4) is 0 Å². The fraction of sp³-hybridized carbons (Fsp3) is 0.714. The van der Waals surface area contributed by atoms with Crippen molar-refractivity contribution in [2.45, 2.75) is 38.8 Å². The molecule has 1 aromatic rings. The lowest BCUT2D eigenvalue weighted by Crippen LogP contribution is -2.48. The molecule has 1 aliphatic rings. The van der Waals surface area contributed by atoms with Gasteiger partial charge in [0.15, 0.2) is 0 Å². The standard InChI is InChI=1S/C14H24N4OS/c1-10-9-20-13(15-10)11(2)16-12-5-7-18(8-6-12)14(19)17(3)4/h9,11-12,16H,5-8H2,1-4H3. The first-order valence-electron chi connectivity index (χ1n) is 7.11. The van der Waals surface area contributed by atoms with Crippen molar-refractivity contribution in [3.63, 3.8) is 0 Å². The summed E-state index contributed by atoms with van der Waals surface area (Å²) in [6, 6.07) is 0.877. The average molecular weight is 296 g/mol. The first kappa shape index (κ1) is 15.3. The molecule has 0 bridgehead atoms. The molecule has 0 saturated carbocycles. The number of aromatic nitrogens is 1. The van der Waals surface area contributed by atoms with Crippen molar-refractivity contribution >= 4 is 17.4 Å². The molecular formula is C14H24N4OS. The van der Waals surface area contributed by atoms with Crippen LogP contribution in [0.1, 0.15) is 36.5 Å². The first-order valence-corrected chi connectivity index (χ1v) is 7.99. The molecule has 1 saturated heterocycles. The van der Waals surface area contributed by atoms with Crippen molar-refractivity contribution in [2.24, 2.45) is 0 Å². The lowest BCUT2D eigenvalue weighted by molar-refractivity contribution is 0.151. The Kier molecular flexibility index (Phi) is 4.99. The highest BCUT2D eigenvalue weighted by molar-refractivity contribution is 7.09. The van der Waals surface area contributed by atoms with Gasteiger partial charge in [0, 0.05) is 44.3 Å². The van der Waals surface area contributed by atoms with Gasteiger partial charge in [0.2, 0.25) is 0 Å². The van der Waals surface area contributed by atoms with Gasteiger partial charge in [-0.1, -0.05) is 0 Å². The predicted octanol–water partition coefficient (Wildman–Crippen LogP) is 2.25. The topological polar surface area (TPSA) is 48.5 Å². The molecule has 1 aromatic heterocycles. The van der Waals surface area contributed by atoms with Crippen LogP contribution in [0.5, 0.6) is 0 Å². The van der Waals surface area contributed by atoms with Crippen LogP contribution in [0, 0.1) is 6.92 Å². The molecule has 20 heavy (non-hydrogen) atoms. The molecule has 0 aliphatic carbocycles. The highest BCUT2D eigenvalue weighted by atomic mass is 32.1. The Labute approximate surface area is 125 Å². The Morgan fingerprint density at radius 2 is 2.15 bits per heavy atom. The summed E-state index contributed by atoms with van der Waals surface area (Å²) in [5, 5.41) is 6.87. The van der Waals surface area contributed by atoms with E-state index >= 15 is 0 Å². The van der Waals surface area contributed by atoms with Gasteiger partial charge in [0.25, 0.3) is 0 Å². The molecule has 1 atom stereocenters. The minimum absolute atomic E-state index is 0.118. The highest BCUT2D eigenvalue weighted by Gasteiger charge is 2.25. The number of hydrogen-bond acceptors (Lipinski definition) is 4. The summed E-state index contributed by atoms with van der Waals surface area (Å²) in [6.45, 7) is 5.85. The molecule has 0 spiro atoms. The molecular weight excluding hydrogens is 272 g/mol. The quantitative estimate of drug-likeness (QED) is 0.930. The lowest BCUT2D eigenvalue weighted by atomic mass is 10.0. The Balaban J connectivity index is 1.81. The molecule has 0 aromatic carbocycles. The van der Waals surface area contributed by atoms with Crippen molar-refractivity contribution in [1.29, 1.82) is 0 Å². The number of carbonyl (C=O) groups excluding carboxylic acids is 1. The normalized spacial score (nSPS) is 18.1. The maximum absolute atomic E-state index is 11.9. The first-order chi connectivity index (χ1) is 9.47. The summed E-state index contributed by atoms with van der Waals surface area (Å²) in [5.41, 5.74) is 1.09. The number of hydrogen-bond donors (Lipinski definition) is 1. The van der Waals surface area contributed by atoms with Gasteiger partial charge < -0.3 is 15.1 Å². The molecule has 2 rings (SSSR count). The fourth-order valence-electron chi connectivity index (χ4n) is 2.52.